The Balaban J connectivity index is 1.62. The van der Waals surface area contributed by atoms with Gasteiger partial charge in [0.15, 0.2) is 0 Å². The standard InChI is InChI=1S/C23H17BrCl2N2O/c1-13-2-4-14(5-3-13)20-12-21-18-10-15(24)6-9-22(18)29-23(28(21)27-20)17-8-7-16(25)11-19(17)26/h2-11,21,23H,12H2,1H3/t21-,23-/m0/s1. The van der Waals surface area contributed by atoms with Crippen LogP contribution in [0.5, 0.6) is 5.75 Å². The topological polar surface area (TPSA) is 24.8 Å². The number of benzene rings is 3. The summed E-state index contributed by atoms with van der Waals surface area (Å²) in [4.78, 5) is 0. The van der Waals surface area contributed by atoms with Gasteiger partial charge in [0.05, 0.1) is 16.8 Å². The summed E-state index contributed by atoms with van der Waals surface area (Å²) in [6.45, 7) is 2.09. The van der Waals surface area contributed by atoms with Crippen molar-refractivity contribution in [2.45, 2.75) is 25.6 Å². The van der Waals surface area contributed by atoms with Crippen molar-refractivity contribution in [2.24, 2.45) is 5.10 Å². The average molecular weight is 488 g/mol. The minimum atomic E-state index is -0.415. The largest absolute Gasteiger partial charge is 0.464 e. The van der Waals surface area contributed by atoms with Crippen LogP contribution in [0.2, 0.25) is 10.0 Å². The van der Waals surface area contributed by atoms with Crippen LogP contribution in [0.15, 0.2) is 70.2 Å². The zero-order valence-electron chi connectivity index (χ0n) is 15.6. The molecule has 0 aromatic heterocycles. The Morgan fingerprint density at radius 2 is 1.79 bits per heavy atom. The summed E-state index contributed by atoms with van der Waals surface area (Å²) in [5, 5.41) is 8.17. The van der Waals surface area contributed by atoms with Crippen molar-refractivity contribution in [2.75, 3.05) is 0 Å². The van der Waals surface area contributed by atoms with E-state index in [0.29, 0.717) is 10.0 Å². The summed E-state index contributed by atoms with van der Waals surface area (Å²) in [5.74, 6) is 0.853. The van der Waals surface area contributed by atoms with Gasteiger partial charge >= 0.3 is 0 Å². The van der Waals surface area contributed by atoms with Gasteiger partial charge in [-0.05, 0) is 42.8 Å². The maximum atomic E-state index is 6.53. The first-order valence-electron chi connectivity index (χ1n) is 9.33. The normalized spacial score (nSPS) is 20.0. The predicted molar refractivity (Wildman–Crippen MR) is 121 cm³/mol. The SMILES string of the molecule is Cc1ccc(C2=NN3[C@@H](C2)c2cc(Br)ccc2O[C@H]3c2ccc(Cl)cc2Cl)cc1. The lowest BCUT2D eigenvalue weighted by molar-refractivity contribution is -0.0190. The maximum absolute atomic E-state index is 6.53. The number of hydrazone groups is 1. The van der Waals surface area contributed by atoms with Crippen LogP contribution in [0.1, 0.15) is 40.9 Å². The molecule has 0 bridgehead atoms. The number of hydrogen-bond acceptors (Lipinski definition) is 3. The fourth-order valence-electron chi connectivity index (χ4n) is 3.89. The van der Waals surface area contributed by atoms with Crippen molar-refractivity contribution in [1.29, 1.82) is 0 Å². The van der Waals surface area contributed by atoms with E-state index in [1.165, 1.54) is 5.56 Å². The van der Waals surface area contributed by atoms with Crippen molar-refractivity contribution in [3.8, 4) is 5.75 Å². The second kappa shape index (κ2) is 7.35. The zero-order chi connectivity index (χ0) is 20.1. The van der Waals surface area contributed by atoms with E-state index in [2.05, 4.69) is 53.2 Å². The first kappa shape index (κ1) is 19.0. The Hall–Kier alpha value is -2.01. The molecule has 0 spiro atoms. The molecule has 0 radical (unpaired) electrons. The number of fused-ring (bicyclic) bond motifs is 3. The summed E-state index contributed by atoms with van der Waals surface area (Å²) in [7, 11) is 0. The van der Waals surface area contributed by atoms with Crippen molar-refractivity contribution in [3.63, 3.8) is 0 Å². The third-order valence-electron chi connectivity index (χ3n) is 5.37. The molecule has 0 unspecified atom stereocenters. The molecule has 3 aromatic rings. The average Bonchev–Trinajstić information content (AvgIpc) is 3.14. The van der Waals surface area contributed by atoms with E-state index in [0.717, 1.165) is 39.0 Å². The quantitative estimate of drug-likeness (QED) is 0.378. The van der Waals surface area contributed by atoms with Crippen LogP contribution in [0, 0.1) is 6.92 Å². The Morgan fingerprint density at radius 1 is 1.00 bits per heavy atom. The highest BCUT2D eigenvalue weighted by molar-refractivity contribution is 9.10. The number of hydrogen-bond donors (Lipinski definition) is 0. The highest BCUT2D eigenvalue weighted by Gasteiger charge is 2.41. The van der Waals surface area contributed by atoms with Gasteiger partial charge in [-0.1, -0.05) is 75.0 Å². The fourth-order valence-corrected chi connectivity index (χ4v) is 4.77. The van der Waals surface area contributed by atoms with Crippen molar-refractivity contribution >= 4 is 44.8 Å². The Labute approximate surface area is 188 Å². The van der Waals surface area contributed by atoms with E-state index in [1.807, 2.05) is 29.3 Å². The van der Waals surface area contributed by atoms with E-state index in [-0.39, 0.29) is 6.04 Å². The van der Waals surface area contributed by atoms with Gasteiger partial charge < -0.3 is 4.74 Å². The molecule has 0 saturated carbocycles. The second-order valence-corrected chi connectivity index (χ2v) is 9.09. The zero-order valence-corrected chi connectivity index (χ0v) is 18.7. The lowest BCUT2D eigenvalue weighted by Crippen LogP contribution is -2.33. The van der Waals surface area contributed by atoms with E-state index in [4.69, 9.17) is 33.0 Å². The second-order valence-electron chi connectivity index (χ2n) is 7.33. The molecule has 6 heteroatoms. The minimum absolute atomic E-state index is 0.0734. The highest BCUT2D eigenvalue weighted by Crippen LogP contribution is 2.49. The van der Waals surface area contributed by atoms with Crippen molar-refractivity contribution in [1.82, 2.24) is 5.01 Å². The molecule has 0 amide bonds. The molecule has 0 N–H and O–H groups in total. The van der Waals surface area contributed by atoms with Gasteiger partial charge in [-0.25, -0.2) is 5.01 Å². The van der Waals surface area contributed by atoms with E-state index in [1.54, 1.807) is 6.07 Å². The van der Waals surface area contributed by atoms with Gasteiger partial charge in [0.25, 0.3) is 0 Å². The number of aryl methyl sites for hydroxylation is 1. The van der Waals surface area contributed by atoms with Crippen LogP contribution in [0.4, 0.5) is 0 Å². The molecule has 3 aromatic carbocycles. The monoisotopic (exact) mass is 486 g/mol. The van der Waals surface area contributed by atoms with Gasteiger partial charge in [-0.2, -0.15) is 5.10 Å². The van der Waals surface area contributed by atoms with E-state index < -0.39 is 6.23 Å². The molecule has 2 aliphatic rings. The maximum Gasteiger partial charge on any atom is 0.215 e. The van der Waals surface area contributed by atoms with Crippen LogP contribution in [0.25, 0.3) is 0 Å². The molecule has 29 heavy (non-hydrogen) atoms. The van der Waals surface area contributed by atoms with E-state index >= 15 is 0 Å². The summed E-state index contributed by atoms with van der Waals surface area (Å²) < 4.78 is 7.40. The number of rotatable bonds is 2. The molecular formula is C23H17BrCl2N2O. The first-order valence-corrected chi connectivity index (χ1v) is 10.9. The third kappa shape index (κ3) is 3.43. The molecule has 0 saturated heterocycles. The molecule has 2 heterocycles. The van der Waals surface area contributed by atoms with Gasteiger partial charge in [-0.3, -0.25) is 0 Å². The van der Waals surface area contributed by atoms with Crippen LogP contribution in [-0.2, 0) is 0 Å². The number of nitrogens with zero attached hydrogens (tertiary/aromatic N) is 2. The smallest absolute Gasteiger partial charge is 0.215 e. The third-order valence-corrected chi connectivity index (χ3v) is 6.42. The Morgan fingerprint density at radius 3 is 2.55 bits per heavy atom. The van der Waals surface area contributed by atoms with Gasteiger partial charge in [0.1, 0.15) is 5.75 Å². The summed E-state index contributed by atoms with van der Waals surface area (Å²) >= 11 is 16.2. The number of ether oxygens (including phenoxy) is 1. The first-order chi connectivity index (χ1) is 14.0. The van der Waals surface area contributed by atoms with Crippen LogP contribution in [-0.4, -0.2) is 10.7 Å². The van der Waals surface area contributed by atoms with Crippen molar-refractivity contribution in [3.05, 3.63) is 97.4 Å². The molecule has 0 fully saturated rings. The van der Waals surface area contributed by atoms with E-state index in [9.17, 15) is 0 Å². The predicted octanol–water partition coefficient (Wildman–Crippen LogP) is 7.31. The highest BCUT2D eigenvalue weighted by atomic mass is 79.9. The molecule has 3 nitrogen and oxygen atoms in total. The molecule has 2 aliphatic heterocycles. The van der Waals surface area contributed by atoms with Crippen LogP contribution in [0.3, 0.4) is 0 Å². The van der Waals surface area contributed by atoms with Crippen LogP contribution < -0.4 is 4.74 Å². The Kier molecular flexibility index (Phi) is 4.81. The summed E-state index contributed by atoms with van der Waals surface area (Å²) in [6.07, 6.45) is 0.388. The van der Waals surface area contributed by atoms with Crippen LogP contribution >= 0.6 is 39.1 Å². The fraction of sp³-hybridized carbons (Fsp3) is 0.174. The van der Waals surface area contributed by atoms with Gasteiger partial charge in [-0.15, -0.1) is 0 Å². The molecule has 0 aliphatic carbocycles. The lowest BCUT2D eigenvalue weighted by Gasteiger charge is -2.38. The van der Waals surface area contributed by atoms with Crippen molar-refractivity contribution < 1.29 is 4.74 Å². The molecular weight excluding hydrogens is 471 g/mol. The number of halogens is 3. The molecule has 146 valence electrons. The minimum Gasteiger partial charge on any atom is -0.464 e. The summed E-state index contributed by atoms with van der Waals surface area (Å²) in [6, 6.07) is 20.1. The van der Waals surface area contributed by atoms with Gasteiger partial charge in [0, 0.05) is 27.0 Å². The summed E-state index contributed by atoms with van der Waals surface area (Å²) in [5.41, 5.74) is 5.37. The Bertz CT molecular complexity index is 1130. The lowest BCUT2D eigenvalue weighted by atomic mass is 9.95. The molecule has 5 rings (SSSR count). The van der Waals surface area contributed by atoms with Gasteiger partial charge in [0.2, 0.25) is 6.23 Å². The molecule has 2 atom stereocenters.